The highest BCUT2D eigenvalue weighted by atomic mass is 16.7. The molecule has 8 heteroatoms. The summed E-state index contributed by atoms with van der Waals surface area (Å²) >= 11 is 0. The second-order valence-corrected chi connectivity index (χ2v) is 5.25. The third-order valence-corrected chi connectivity index (χ3v) is 3.67. The van der Waals surface area contributed by atoms with Crippen molar-refractivity contribution in [2.24, 2.45) is 0 Å². The standard InChI is InChI=1S/C17H13NO7/c1-9-7-13(25-16(9)21)24-8-12(17(22)23-2)18-14(19)10-5-3-4-6-11(10)15(18)20/h3-8,13H,1-2H3/b12-8-/t13-/m1/s1. The van der Waals surface area contributed by atoms with Gasteiger partial charge in [-0.25, -0.2) is 14.5 Å². The van der Waals surface area contributed by atoms with Crippen molar-refractivity contribution in [1.82, 2.24) is 4.90 Å². The quantitative estimate of drug-likeness (QED) is 0.350. The minimum atomic E-state index is -1.05. The predicted molar refractivity (Wildman–Crippen MR) is 81.8 cm³/mol. The first-order valence-corrected chi connectivity index (χ1v) is 7.25. The highest BCUT2D eigenvalue weighted by molar-refractivity contribution is 6.24. The second-order valence-electron chi connectivity index (χ2n) is 5.25. The molecule has 128 valence electrons. The number of carbonyl (C=O) groups excluding carboxylic acids is 4. The van der Waals surface area contributed by atoms with Crippen LogP contribution in [0.5, 0.6) is 0 Å². The first-order valence-electron chi connectivity index (χ1n) is 7.25. The molecule has 0 saturated carbocycles. The number of cyclic esters (lactones) is 1. The average molecular weight is 343 g/mol. The number of carbonyl (C=O) groups is 4. The summed E-state index contributed by atoms with van der Waals surface area (Å²) in [5.74, 6) is -2.84. The lowest BCUT2D eigenvalue weighted by Gasteiger charge is -2.16. The molecule has 0 bridgehead atoms. The smallest absolute Gasteiger partial charge is 0.358 e. The number of amides is 2. The minimum absolute atomic E-state index is 0.172. The molecule has 0 aromatic heterocycles. The van der Waals surface area contributed by atoms with Crippen LogP contribution in [0.15, 0.2) is 47.9 Å². The van der Waals surface area contributed by atoms with Gasteiger partial charge in [0.2, 0.25) is 0 Å². The predicted octanol–water partition coefficient (Wildman–Crippen LogP) is 1.14. The van der Waals surface area contributed by atoms with Gasteiger partial charge in [0, 0.05) is 11.6 Å². The topological polar surface area (TPSA) is 99.2 Å². The Labute approximate surface area is 142 Å². The van der Waals surface area contributed by atoms with Gasteiger partial charge < -0.3 is 14.2 Å². The van der Waals surface area contributed by atoms with Gasteiger partial charge in [-0.2, -0.15) is 0 Å². The summed E-state index contributed by atoms with van der Waals surface area (Å²) < 4.78 is 14.7. The highest BCUT2D eigenvalue weighted by Gasteiger charge is 2.40. The van der Waals surface area contributed by atoms with Gasteiger partial charge in [-0.1, -0.05) is 12.1 Å². The molecule has 1 atom stereocenters. The molecule has 0 unspecified atom stereocenters. The lowest BCUT2D eigenvalue weighted by atomic mass is 10.1. The number of ether oxygens (including phenoxy) is 3. The van der Waals surface area contributed by atoms with Crippen molar-refractivity contribution in [3.63, 3.8) is 0 Å². The molecule has 0 fully saturated rings. The van der Waals surface area contributed by atoms with Crippen LogP contribution >= 0.6 is 0 Å². The highest BCUT2D eigenvalue weighted by Crippen LogP contribution is 2.27. The number of imide groups is 1. The van der Waals surface area contributed by atoms with E-state index >= 15 is 0 Å². The maximum Gasteiger partial charge on any atom is 0.358 e. The Balaban J connectivity index is 1.91. The first kappa shape index (κ1) is 16.4. The fraction of sp³-hybridized carbons (Fsp3) is 0.176. The summed E-state index contributed by atoms with van der Waals surface area (Å²) in [6.07, 6.45) is 1.22. The van der Waals surface area contributed by atoms with Crippen molar-refractivity contribution < 1.29 is 33.4 Å². The molecule has 1 aromatic rings. The second kappa shape index (κ2) is 6.23. The number of rotatable bonds is 4. The van der Waals surface area contributed by atoms with E-state index in [0.717, 1.165) is 13.4 Å². The lowest BCUT2D eigenvalue weighted by Crippen LogP contribution is -2.34. The van der Waals surface area contributed by atoms with E-state index in [0.29, 0.717) is 10.5 Å². The molecule has 3 rings (SSSR count). The first-order chi connectivity index (χ1) is 11.9. The zero-order chi connectivity index (χ0) is 18.1. The van der Waals surface area contributed by atoms with E-state index in [1.54, 1.807) is 19.1 Å². The van der Waals surface area contributed by atoms with Crippen molar-refractivity contribution in [1.29, 1.82) is 0 Å². The number of fused-ring (bicyclic) bond motifs is 1. The Hall–Kier alpha value is -3.42. The molecule has 1 aromatic carbocycles. The number of benzene rings is 1. The Morgan fingerprint density at radius 2 is 1.76 bits per heavy atom. The van der Waals surface area contributed by atoms with Crippen LogP contribution in [0, 0.1) is 0 Å². The zero-order valence-corrected chi connectivity index (χ0v) is 13.3. The van der Waals surface area contributed by atoms with E-state index in [1.165, 1.54) is 18.2 Å². The summed E-state index contributed by atoms with van der Waals surface area (Å²) in [5.41, 5.74) is 0.275. The SMILES string of the molecule is COC(=O)/C(=C/O[C@H]1C=C(C)C(=O)O1)N1C(=O)c2ccccc2C1=O. The third-order valence-electron chi connectivity index (χ3n) is 3.67. The van der Waals surface area contributed by atoms with Crippen LogP contribution in [0.4, 0.5) is 0 Å². The van der Waals surface area contributed by atoms with Crippen molar-refractivity contribution in [3.8, 4) is 0 Å². The van der Waals surface area contributed by atoms with Crippen molar-refractivity contribution >= 4 is 23.8 Å². The van der Waals surface area contributed by atoms with Crippen molar-refractivity contribution in [2.45, 2.75) is 13.2 Å². The van der Waals surface area contributed by atoms with E-state index in [9.17, 15) is 19.2 Å². The summed E-state index contributed by atoms with van der Waals surface area (Å²) in [7, 11) is 1.11. The van der Waals surface area contributed by atoms with E-state index in [4.69, 9.17) is 9.47 Å². The third kappa shape index (κ3) is 2.78. The van der Waals surface area contributed by atoms with Gasteiger partial charge in [0.05, 0.1) is 18.2 Å². The summed E-state index contributed by atoms with van der Waals surface area (Å²) in [6, 6.07) is 6.18. The van der Waals surface area contributed by atoms with Crippen LogP contribution in [0.3, 0.4) is 0 Å². The number of methoxy groups -OCH3 is 1. The van der Waals surface area contributed by atoms with E-state index in [2.05, 4.69) is 4.74 Å². The van der Waals surface area contributed by atoms with Crippen LogP contribution in [-0.2, 0) is 23.8 Å². The minimum Gasteiger partial charge on any atom is -0.464 e. The molecule has 25 heavy (non-hydrogen) atoms. The molecular weight excluding hydrogens is 330 g/mol. The molecule has 0 radical (unpaired) electrons. The van der Waals surface area contributed by atoms with Gasteiger partial charge in [0.15, 0.2) is 5.70 Å². The number of hydrogen-bond donors (Lipinski definition) is 0. The normalized spacial score (nSPS) is 19.5. The molecule has 8 nitrogen and oxygen atoms in total. The van der Waals surface area contributed by atoms with Crippen LogP contribution in [0.2, 0.25) is 0 Å². The maximum absolute atomic E-state index is 12.5. The molecule has 0 N–H and O–H groups in total. The fourth-order valence-electron chi connectivity index (χ4n) is 2.41. The molecular formula is C17H13NO7. The summed E-state index contributed by atoms with van der Waals surface area (Å²) in [4.78, 5) is 49.0. The zero-order valence-electron chi connectivity index (χ0n) is 13.3. The van der Waals surface area contributed by atoms with Gasteiger partial charge in [-0.15, -0.1) is 0 Å². The molecule has 0 aliphatic carbocycles. The van der Waals surface area contributed by atoms with Crippen LogP contribution in [-0.4, -0.2) is 42.1 Å². The summed E-state index contributed by atoms with van der Waals surface area (Å²) in [6.45, 7) is 1.54. The van der Waals surface area contributed by atoms with E-state index in [-0.39, 0.29) is 11.1 Å². The van der Waals surface area contributed by atoms with Gasteiger partial charge >= 0.3 is 11.9 Å². The van der Waals surface area contributed by atoms with Gasteiger partial charge in [-0.05, 0) is 19.1 Å². The Morgan fingerprint density at radius 1 is 1.16 bits per heavy atom. The molecule has 0 spiro atoms. The Kier molecular flexibility index (Phi) is 4.10. The molecule has 0 saturated heterocycles. The number of esters is 2. The molecule has 2 heterocycles. The average Bonchev–Trinajstić information content (AvgIpc) is 3.06. The summed E-state index contributed by atoms with van der Waals surface area (Å²) in [5, 5.41) is 0. The van der Waals surface area contributed by atoms with E-state index < -0.39 is 35.7 Å². The Morgan fingerprint density at radius 3 is 2.24 bits per heavy atom. The number of nitrogens with zero attached hydrogens (tertiary/aromatic N) is 1. The van der Waals surface area contributed by atoms with E-state index in [1.807, 2.05) is 0 Å². The van der Waals surface area contributed by atoms with Crippen LogP contribution < -0.4 is 0 Å². The monoisotopic (exact) mass is 343 g/mol. The fourth-order valence-corrected chi connectivity index (χ4v) is 2.41. The molecule has 2 amide bonds. The molecule has 2 aliphatic heterocycles. The van der Waals surface area contributed by atoms with Crippen molar-refractivity contribution in [3.05, 3.63) is 59.0 Å². The molecule has 2 aliphatic rings. The largest absolute Gasteiger partial charge is 0.464 e. The van der Waals surface area contributed by atoms with Crippen molar-refractivity contribution in [2.75, 3.05) is 7.11 Å². The van der Waals surface area contributed by atoms with Crippen LogP contribution in [0.1, 0.15) is 27.6 Å². The Bertz CT molecular complexity index is 817. The van der Waals surface area contributed by atoms with Gasteiger partial charge in [0.1, 0.15) is 6.26 Å². The maximum atomic E-state index is 12.5. The van der Waals surface area contributed by atoms with Gasteiger partial charge in [-0.3, -0.25) is 9.59 Å². The number of hydrogen-bond acceptors (Lipinski definition) is 7. The lowest BCUT2D eigenvalue weighted by molar-refractivity contribution is -0.152. The van der Waals surface area contributed by atoms with Gasteiger partial charge in [0.25, 0.3) is 18.1 Å². The van der Waals surface area contributed by atoms with Crippen LogP contribution in [0.25, 0.3) is 0 Å².